The number of aliphatic imine (C=N–C) groups is 1. The Morgan fingerprint density at radius 2 is 1.80 bits per heavy atom. The molecule has 0 radical (unpaired) electrons. The van der Waals surface area contributed by atoms with Crippen LogP contribution in [0.4, 0.5) is 11.4 Å². The minimum Gasteiger partial charge on any atom is -0.508 e. The second-order valence-corrected chi connectivity index (χ2v) is 10.4. The fraction of sp³-hybridized carbons (Fsp3) is 0.207. The van der Waals surface area contributed by atoms with Crippen molar-refractivity contribution in [1.82, 2.24) is 0 Å². The average Bonchev–Trinajstić information content (AvgIpc) is 3.03. The number of hydrogen-bond donors (Lipinski definition) is 1. The van der Waals surface area contributed by atoms with Gasteiger partial charge in [0.1, 0.15) is 29.5 Å². The van der Waals surface area contributed by atoms with Gasteiger partial charge in [0, 0.05) is 15.5 Å². The van der Waals surface area contributed by atoms with Crippen LogP contribution >= 0.6 is 15.9 Å². The maximum absolute atomic E-state index is 9.89. The Morgan fingerprint density at radius 1 is 1.00 bits per heavy atom. The summed E-state index contributed by atoms with van der Waals surface area (Å²) in [7, 11) is 0. The zero-order valence-electron chi connectivity index (χ0n) is 19.5. The molecule has 0 saturated carbocycles. The van der Waals surface area contributed by atoms with Crippen molar-refractivity contribution >= 4 is 44.3 Å². The van der Waals surface area contributed by atoms with Gasteiger partial charge in [-0.05, 0) is 79.4 Å². The maximum atomic E-state index is 9.89. The minimum absolute atomic E-state index is 0.235. The molecular formula is C29H25BrN2O3. The molecule has 176 valence electrons. The third-order valence-corrected chi connectivity index (χ3v) is 7.66. The van der Waals surface area contributed by atoms with Crippen LogP contribution in [0.1, 0.15) is 19.4 Å². The van der Waals surface area contributed by atoms with Crippen molar-refractivity contribution < 1.29 is 14.6 Å². The lowest BCUT2D eigenvalue weighted by molar-refractivity contribution is 0.0750. The standard InChI is InChI=1S/C29H25BrN2O3/c1-28(2)24-5-3-4-6-25(24)32(15-16-34-22-11-8-20(30)9-12-22)29(28)18-31-27-23-13-10-21(33)17-19(23)7-14-26(27)35-29/h3-14,17-18,33H,15-16H2,1-2H3. The fourth-order valence-corrected chi connectivity index (χ4v) is 5.54. The molecule has 0 fully saturated rings. The first kappa shape index (κ1) is 22.0. The van der Waals surface area contributed by atoms with Crippen LogP contribution in [0.25, 0.3) is 10.8 Å². The number of phenolic OH excluding ortho intramolecular Hbond substituents is 1. The maximum Gasteiger partial charge on any atom is 0.229 e. The number of hydrogen-bond acceptors (Lipinski definition) is 5. The Morgan fingerprint density at radius 3 is 2.63 bits per heavy atom. The van der Waals surface area contributed by atoms with E-state index < -0.39 is 5.72 Å². The molecule has 2 aliphatic heterocycles. The Balaban J connectivity index is 1.39. The smallest absolute Gasteiger partial charge is 0.229 e. The Bertz CT molecular complexity index is 1470. The number of para-hydroxylation sites is 1. The van der Waals surface area contributed by atoms with E-state index in [1.165, 1.54) is 5.56 Å². The summed E-state index contributed by atoms with van der Waals surface area (Å²) in [6, 6.07) is 25.5. The lowest BCUT2D eigenvalue weighted by Gasteiger charge is -2.46. The molecule has 6 rings (SSSR count). The molecule has 0 aromatic heterocycles. The van der Waals surface area contributed by atoms with Gasteiger partial charge in [-0.1, -0.05) is 40.2 Å². The quantitative estimate of drug-likeness (QED) is 0.310. The molecule has 0 saturated heterocycles. The van der Waals surface area contributed by atoms with Gasteiger partial charge in [-0.2, -0.15) is 0 Å². The van der Waals surface area contributed by atoms with Crippen LogP contribution in [0.5, 0.6) is 17.2 Å². The molecular weight excluding hydrogens is 504 g/mol. The molecule has 0 aliphatic carbocycles. The normalized spacial score (nSPS) is 19.5. The number of ether oxygens (including phenoxy) is 2. The molecule has 4 aromatic rings. The van der Waals surface area contributed by atoms with Gasteiger partial charge in [0.2, 0.25) is 5.72 Å². The summed E-state index contributed by atoms with van der Waals surface area (Å²) in [6.45, 7) is 5.53. The van der Waals surface area contributed by atoms with Crippen molar-refractivity contribution in [3.05, 3.63) is 88.9 Å². The molecule has 1 N–H and O–H groups in total. The molecule has 1 atom stereocenters. The van der Waals surface area contributed by atoms with Crippen LogP contribution in [-0.4, -0.2) is 30.2 Å². The van der Waals surface area contributed by atoms with E-state index >= 15 is 0 Å². The number of nitrogens with zero attached hydrogens (tertiary/aromatic N) is 2. The number of rotatable bonds is 4. The van der Waals surface area contributed by atoms with Gasteiger partial charge in [0.05, 0.1) is 18.2 Å². The zero-order chi connectivity index (χ0) is 24.2. The third-order valence-electron chi connectivity index (χ3n) is 7.13. The molecule has 2 heterocycles. The highest BCUT2D eigenvalue weighted by Gasteiger charge is 2.59. The fourth-order valence-electron chi connectivity index (χ4n) is 5.28. The van der Waals surface area contributed by atoms with Crippen molar-refractivity contribution in [1.29, 1.82) is 0 Å². The Hall–Kier alpha value is -3.51. The van der Waals surface area contributed by atoms with E-state index in [-0.39, 0.29) is 11.2 Å². The highest BCUT2D eigenvalue weighted by Crippen LogP contribution is 2.54. The second kappa shape index (κ2) is 8.02. The van der Waals surface area contributed by atoms with E-state index in [2.05, 4.69) is 58.9 Å². The van der Waals surface area contributed by atoms with Gasteiger partial charge in [0.25, 0.3) is 0 Å². The first-order chi connectivity index (χ1) is 16.9. The van der Waals surface area contributed by atoms with Crippen LogP contribution in [0, 0.1) is 0 Å². The Kier molecular flexibility index (Phi) is 5.04. The lowest BCUT2D eigenvalue weighted by atomic mass is 9.77. The van der Waals surface area contributed by atoms with E-state index in [9.17, 15) is 5.11 Å². The molecule has 6 heteroatoms. The predicted molar refractivity (Wildman–Crippen MR) is 144 cm³/mol. The number of aromatic hydroxyl groups is 1. The van der Waals surface area contributed by atoms with E-state index in [0.717, 1.165) is 38.1 Å². The van der Waals surface area contributed by atoms with E-state index in [0.29, 0.717) is 13.2 Å². The summed E-state index contributed by atoms with van der Waals surface area (Å²) < 4.78 is 14.0. The van der Waals surface area contributed by atoms with Crippen molar-refractivity contribution in [2.24, 2.45) is 4.99 Å². The molecule has 5 nitrogen and oxygen atoms in total. The average molecular weight is 529 g/mol. The van der Waals surface area contributed by atoms with Gasteiger partial charge >= 0.3 is 0 Å². The predicted octanol–water partition coefficient (Wildman–Crippen LogP) is 6.98. The first-order valence-electron chi connectivity index (χ1n) is 11.6. The minimum atomic E-state index is -0.808. The summed E-state index contributed by atoms with van der Waals surface area (Å²) >= 11 is 3.47. The summed E-state index contributed by atoms with van der Waals surface area (Å²) in [4.78, 5) is 7.24. The summed E-state index contributed by atoms with van der Waals surface area (Å²) in [5.74, 6) is 1.79. The van der Waals surface area contributed by atoms with E-state index in [4.69, 9.17) is 14.5 Å². The number of anilines is 1. The highest BCUT2D eigenvalue weighted by molar-refractivity contribution is 9.10. The summed E-state index contributed by atoms with van der Waals surface area (Å²) in [5, 5.41) is 11.8. The van der Waals surface area contributed by atoms with Crippen LogP contribution in [0.3, 0.4) is 0 Å². The molecule has 2 aliphatic rings. The largest absolute Gasteiger partial charge is 0.508 e. The highest BCUT2D eigenvalue weighted by atomic mass is 79.9. The molecule has 1 spiro atoms. The van der Waals surface area contributed by atoms with Gasteiger partial charge in [-0.25, -0.2) is 0 Å². The van der Waals surface area contributed by atoms with Crippen LogP contribution < -0.4 is 14.4 Å². The van der Waals surface area contributed by atoms with Gasteiger partial charge in [0.15, 0.2) is 0 Å². The second-order valence-electron chi connectivity index (χ2n) is 9.47. The summed E-state index contributed by atoms with van der Waals surface area (Å²) in [6.07, 6.45) is 1.95. The summed E-state index contributed by atoms with van der Waals surface area (Å²) in [5.41, 5.74) is 1.94. The molecule has 4 aromatic carbocycles. The van der Waals surface area contributed by atoms with E-state index in [1.807, 2.05) is 48.7 Å². The number of halogens is 1. The van der Waals surface area contributed by atoms with Crippen molar-refractivity contribution in [3.63, 3.8) is 0 Å². The lowest BCUT2D eigenvalue weighted by Crippen LogP contribution is -2.62. The topological polar surface area (TPSA) is 54.3 Å². The SMILES string of the molecule is CC1(C)c2ccccc2N(CCOc2ccc(Br)cc2)C12C=Nc1c(ccc3cc(O)ccc13)O2. The van der Waals surface area contributed by atoms with Gasteiger partial charge in [-0.15, -0.1) is 0 Å². The zero-order valence-corrected chi connectivity index (χ0v) is 21.1. The number of fused-ring (bicyclic) bond motifs is 4. The Labute approximate surface area is 212 Å². The molecule has 35 heavy (non-hydrogen) atoms. The first-order valence-corrected chi connectivity index (χ1v) is 12.4. The van der Waals surface area contributed by atoms with Crippen molar-refractivity contribution in [2.75, 3.05) is 18.1 Å². The van der Waals surface area contributed by atoms with E-state index in [1.54, 1.807) is 12.1 Å². The van der Waals surface area contributed by atoms with Crippen molar-refractivity contribution in [3.8, 4) is 17.2 Å². The number of phenols is 1. The molecule has 0 bridgehead atoms. The van der Waals surface area contributed by atoms with Crippen LogP contribution in [0.15, 0.2) is 88.3 Å². The molecule has 0 amide bonds. The van der Waals surface area contributed by atoms with Crippen LogP contribution in [0.2, 0.25) is 0 Å². The van der Waals surface area contributed by atoms with Crippen LogP contribution in [-0.2, 0) is 5.41 Å². The van der Waals surface area contributed by atoms with Gasteiger partial charge in [-0.3, -0.25) is 4.99 Å². The van der Waals surface area contributed by atoms with Gasteiger partial charge < -0.3 is 19.5 Å². The monoisotopic (exact) mass is 528 g/mol. The third kappa shape index (κ3) is 3.39. The molecule has 1 unspecified atom stereocenters. The van der Waals surface area contributed by atoms with Crippen molar-refractivity contribution in [2.45, 2.75) is 25.0 Å². The number of benzene rings is 4.